The Labute approximate surface area is 235 Å². The van der Waals surface area contributed by atoms with Gasteiger partial charge in [0.2, 0.25) is 0 Å². The Balaban J connectivity index is 1.56. The molecule has 0 aromatic heterocycles. The molecule has 0 saturated carbocycles. The summed E-state index contributed by atoms with van der Waals surface area (Å²) in [5.74, 6) is -4.81. The number of halogens is 5. The molecule has 0 amide bonds. The molecule has 0 bridgehead atoms. The van der Waals surface area contributed by atoms with Gasteiger partial charge >= 0.3 is 5.97 Å². The number of aromatic carboxylic acids is 1. The molecule has 0 radical (unpaired) electrons. The van der Waals surface area contributed by atoms with Crippen molar-refractivity contribution >= 4 is 40.3 Å². The Morgan fingerprint density at radius 2 is 1.69 bits per heavy atom. The quantitative estimate of drug-likeness (QED) is 0.294. The Bertz CT molecular complexity index is 1420. The number of carboxylic acids is 1. The Kier molecular flexibility index (Phi) is 8.08. The minimum Gasteiger partial charge on any atom is -0.478 e. The third-order valence-electron chi connectivity index (χ3n) is 7.69. The lowest BCUT2D eigenvalue weighted by atomic mass is 9.84. The molecule has 1 heterocycles. The van der Waals surface area contributed by atoms with E-state index in [1.165, 1.54) is 12.1 Å². The van der Waals surface area contributed by atoms with Crippen LogP contribution in [0.4, 0.5) is 13.2 Å². The second-order valence-electron chi connectivity index (χ2n) is 10.2. The zero-order valence-electron chi connectivity index (χ0n) is 21.2. The molecule has 39 heavy (non-hydrogen) atoms. The summed E-state index contributed by atoms with van der Waals surface area (Å²) >= 11 is 12.8. The number of nitrogens with zero attached hydrogens (tertiary/aromatic N) is 1. The smallest absolute Gasteiger partial charge is 0.335 e. The number of rotatable bonds is 8. The predicted molar refractivity (Wildman–Crippen MR) is 150 cm³/mol. The van der Waals surface area contributed by atoms with E-state index in [2.05, 4.69) is 0 Å². The van der Waals surface area contributed by atoms with Gasteiger partial charge in [0, 0.05) is 35.2 Å². The fourth-order valence-electron chi connectivity index (χ4n) is 5.61. The fourth-order valence-corrected chi connectivity index (χ4v) is 6.14. The Morgan fingerprint density at radius 3 is 2.36 bits per heavy atom. The topological polar surface area (TPSA) is 40.5 Å². The first-order valence-corrected chi connectivity index (χ1v) is 13.8. The van der Waals surface area contributed by atoms with Crippen LogP contribution in [-0.4, -0.2) is 42.3 Å². The highest BCUT2D eigenvalue weighted by Gasteiger charge is 2.47. The van der Waals surface area contributed by atoms with Gasteiger partial charge in [-0.05, 0) is 83.3 Å². The van der Waals surface area contributed by atoms with Crippen LogP contribution in [-0.2, 0) is 12.3 Å². The van der Waals surface area contributed by atoms with E-state index in [-0.39, 0.29) is 24.2 Å². The zero-order chi connectivity index (χ0) is 27.7. The highest BCUT2D eigenvalue weighted by molar-refractivity contribution is 6.36. The average Bonchev–Trinajstić information content (AvgIpc) is 3.07. The lowest BCUT2D eigenvalue weighted by Gasteiger charge is -2.43. The summed E-state index contributed by atoms with van der Waals surface area (Å²) < 4.78 is 43.1. The molecule has 204 valence electrons. The van der Waals surface area contributed by atoms with Crippen molar-refractivity contribution in [3.8, 4) is 0 Å². The first-order valence-electron chi connectivity index (χ1n) is 13.0. The maximum Gasteiger partial charge on any atom is 0.335 e. The molecule has 2 aliphatic rings. The maximum atomic E-state index is 15.3. The van der Waals surface area contributed by atoms with Gasteiger partial charge in [0.25, 0.3) is 5.92 Å². The second-order valence-corrected chi connectivity index (χ2v) is 11.1. The van der Waals surface area contributed by atoms with Crippen molar-refractivity contribution in [3.63, 3.8) is 0 Å². The summed E-state index contributed by atoms with van der Waals surface area (Å²) in [5, 5.41) is 10.5. The van der Waals surface area contributed by atoms with E-state index >= 15 is 8.78 Å². The third kappa shape index (κ3) is 5.60. The lowest BCUT2D eigenvalue weighted by Crippen LogP contribution is -2.53. The summed E-state index contributed by atoms with van der Waals surface area (Å²) in [6.45, 7) is 0.546. The molecule has 1 fully saturated rings. The van der Waals surface area contributed by atoms with Gasteiger partial charge in [-0.15, -0.1) is 0 Å². The van der Waals surface area contributed by atoms with Crippen LogP contribution in [0.3, 0.4) is 0 Å². The molecular formula is C31H28Cl2F3NO2. The molecule has 1 saturated heterocycles. The summed E-state index contributed by atoms with van der Waals surface area (Å²) in [4.78, 5) is 13.5. The van der Waals surface area contributed by atoms with Gasteiger partial charge in [0.15, 0.2) is 0 Å². The molecule has 5 rings (SSSR count). The van der Waals surface area contributed by atoms with Crippen LogP contribution in [0.15, 0.2) is 60.7 Å². The molecule has 3 aromatic carbocycles. The number of fused-ring (bicyclic) bond motifs is 1. The number of aryl methyl sites for hydroxylation is 1. The van der Waals surface area contributed by atoms with E-state index in [0.717, 1.165) is 39.8 Å². The minimum atomic E-state index is -3.00. The number of likely N-dealkylation sites (tertiary alicyclic amines) is 1. The first kappa shape index (κ1) is 27.8. The van der Waals surface area contributed by atoms with Crippen LogP contribution in [0.25, 0.3) is 11.1 Å². The molecular weight excluding hydrogens is 546 g/mol. The van der Waals surface area contributed by atoms with Crippen LogP contribution in [0.1, 0.15) is 57.4 Å². The SMILES string of the molecule is O=C(O)c1ccc2c(c1)CCCC(c1ccc(Cl)cc1Cl)=C2c1ccc(C(F)(F)C2CN(CCCF)C2)cc1. The lowest BCUT2D eigenvalue weighted by molar-refractivity contribution is -0.124. The summed E-state index contributed by atoms with van der Waals surface area (Å²) in [6.07, 6.45) is 2.47. The molecule has 3 aromatic rings. The maximum absolute atomic E-state index is 15.3. The van der Waals surface area contributed by atoms with Crippen LogP contribution in [0.2, 0.25) is 10.0 Å². The number of alkyl halides is 3. The summed E-state index contributed by atoms with van der Waals surface area (Å²) in [6, 6.07) is 16.8. The Morgan fingerprint density at radius 1 is 0.974 bits per heavy atom. The van der Waals surface area contributed by atoms with E-state index < -0.39 is 24.5 Å². The number of hydrogen-bond donors (Lipinski definition) is 1. The van der Waals surface area contributed by atoms with Gasteiger partial charge in [-0.25, -0.2) is 13.6 Å². The highest BCUT2D eigenvalue weighted by Crippen LogP contribution is 2.44. The molecule has 1 N–H and O–H groups in total. The zero-order valence-corrected chi connectivity index (χ0v) is 22.7. The molecule has 3 nitrogen and oxygen atoms in total. The largest absolute Gasteiger partial charge is 0.478 e. The van der Waals surface area contributed by atoms with Crippen LogP contribution < -0.4 is 0 Å². The number of allylic oxidation sites excluding steroid dienone is 1. The second kappa shape index (κ2) is 11.4. The molecule has 0 spiro atoms. The predicted octanol–water partition coefficient (Wildman–Crippen LogP) is 8.37. The monoisotopic (exact) mass is 573 g/mol. The van der Waals surface area contributed by atoms with Crippen molar-refractivity contribution in [1.82, 2.24) is 4.90 Å². The van der Waals surface area contributed by atoms with Crippen molar-refractivity contribution in [2.45, 2.75) is 31.6 Å². The molecule has 1 aliphatic heterocycles. The van der Waals surface area contributed by atoms with Crippen molar-refractivity contribution in [2.75, 3.05) is 26.3 Å². The molecule has 8 heteroatoms. The van der Waals surface area contributed by atoms with Crippen LogP contribution >= 0.6 is 23.2 Å². The van der Waals surface area contributed by atoms with E-state index in [9.17, 15) is 14.3 Å². The molecule has 0 atom stereocenters. The van der Waals surface area contributed by atoms with E-state index in [1.54, 1.807) is 42.5 Å². The number of hydrogen-bond acceptors (Lipinski definition) is 2. The minimum absolute atomic E-state index is 0.0527. The van der Waals surface area contributed by atoms with Crippen molar-refractivity contribution in [1.29, 1.82) is 0 Å². The first-order chi connectivity index (χ1) is 18.7. The number of benzene rings is 3. The normalized spacial score (nSPS) is 16.5. The van der Waals surface area contributed by atoms with Crippen molar-refractivity contribution in [3.05, 3.63) is 104 Å². The van der Waals surface area contributed by atoms with Gasteiger partial charge in [-0.3, -0.25) is 4.39 Å². The fraction of sp³-hybridized carbons (Fsp3) is 0.323. The van der Waals surface area contributed by atoms with Gasteiger partial charge in [-0.1, -0.05) is 59.6 Å². The average molecular weight is 574 g/mol. The van der Waals surface area contributed by atoms with Gasteiger partial charge in [0.1, 0.15) is 0 Å². The summed E-state index contributed by atoms with van der Waals surface area (Å²) in [5.41, 5.74) is 5.27. The van der Waals surface area contributed by atoms with Crippen molar-refractivity contribution in [2.24, 2.45) is 5.92 Å². The van der Waals surface area contributed by atoms with E-state index in [1.807, 2.05) is 11.0 Å². The van der Waals surface area contributed by atoms with E-state index in [0.29, 0.717) is 35.9 Å². The Hall–Kier alpha value is -2.80. The molecule has 1 aliphatic carbocycles. The van der Waals surface area contributed by atoms with Gasteiger partial charge in [-0.2, -0.15) is 0 Å². The summed E-state index contributed by atoms with van der Waals surface area (Å²) in [7, 11) is 0. The van der Waals surface area contributed by atoms with Crippen LogP contribution in [0, 0.1) is 5.92 Å². The van der Waals surface area contributed by atoms with E-state index in [4.69, 9.17) is 23.2 Å². The number of carbonyl (C=O) groups is 1. The number of carboxylic acid groups (broad SMARTS) is 1. The van der Waals surface area contributed by atoms with Gasteiger partial charge in [0.05, 0.1) is 18.2 Å². The van der Waals surface area contributed by atoms with Crippen LogP contribution in [0.5, 0.6) is 0 Å². The molecule has 0 unspecified atom stereocenters. The van der Waals surface area contributed by atoms with Crippen molar-refractivity contribution < 1.29 is 23.1 Å². The standard InChI is InChI=1S/C31H28Cl2F3NO2/c32-24-10-12-26(28(33)16-24)27-4-1-3-20-15-21(30(38)39)7-11-25(20)29(27)19-5-8-22(9-6-19)31(35,36)23-17-37(18-23)14-2-13-34/h5-12,15-16,23H,1-4,13-14,17-18H2,(H,38,39). The third-order valence-corrected chi connectivity index (χ3v) is 8.24. The highest BCUT2D eigenvalue weighted by atomic mass is 35.5. The van der Waals surface area contributed by atoms with Gasteiger partial charge < -0.3 is 10.0 Å².